The number of carbonyl (C=O) groups is 2. The molecule has 0 bridgehead atoms. The predicted octanol–water partition coefficient (Wildman–Crippen LogP) is 0.313. The summed E-state index contributed by atoms with van der Waals surface area (Å²) in [5.41, 5.74) is -0.195. The molecule has 80 valence electrons. The van der Waals surface area contributed by atoms with E-state index >= 15 is 0 Å². The quantitative estimate of drug-likeness (QED) is 0.747. The van der Waals surface area contributed by atoms with Crippen LogP contribution in [0.25, 0.3) is 0 Å². The Balaban J connectivity index is 2.90. The number of rotatable bonds is 3. The molecule has 2 N–H and O–H groups in total. The van der Waals surface area contributed by atoms with Gasteiger partial charge in [0.05, 0.1) is 0 Å². The first-order valence-electron chi connectivity index (χ1n) is 4.38. The number of nitrogens with zero attached hydrogens (tertiary/aromatic N) is 2. The van der Waals surface area contributed by atoms with Crippen LogP contribution in [0.4, 0.5) is 0 Å². The van der Waals surface area contributed by atoms with Gasteiger partial charge in [0.25, 0.3) is 5.91 Å². The van der Waals surface area contributed by atoms with Gasteiger partial charge in [-0.15, -0.1) is 0 Å². The average Bonchev–Trinajstić information content (AvgIpc) is 2.17. The van der Waals surface area contributed by atoms with Gasteiger partial charge in [0.2, 0.25) is 5.82 Å². The van der Waals surface area contributed by atoms with Crippen molar-refractivity contribution in [1.82, 2.24) is 15.3 Å². The summed E-state index contributed by atoms with van der Waals surface area (Å²) in [6, 6.07) is 1.18. The molecule has 1 aromatic rings. The van der Waals surface area contributed by atoms with Gasteiger partial charge >= 0.3 is 5.97 Å². The van der Waals surface area contributed by atoms with Crippen molar-refractivity contribution < 1.29 is 14.7 Å². The zero-order valence-electron chi connectivity index (χ0n) is 8.39. The maximum Gasteiger partial charge on any atom is 0.354 e. The lowest BCUT2D eigenvalue weighted by atomic mass is 10.3. The number of aromatic carboxylic acids is 1. The van der Waals surface area contributed by atoms with Gasteiger partial charge < -0.3 is 10.4 Å². The highest BCUT2D eigenvalue weighted by Gasteiger charge is 2.13. The van der Waals surface area contributed by atoms with Crippen molar-refractivity contribution in [3.63, 3.8) is 0 Å². The van der Waals surface area contributed by atoms with Crippen LogP contribution in [0.5, 0.6) is 0 Å². The van der Waals surface area contributed by atoms with Gasteiger partial charge in [0.1, 0.15) is 0 Å². The van der Waals surface area contributed by atoms with Crippen LogP contribution in [0.15, 0.2) is 12.3 Å². The van der Waals surface area contributed by atoms with Gasteiger partial charge in [0, 0.05) is 12.2 Å². The summed E-state index contributed by atoms with van der Waals surface area (Å²) < 4.78 is 0. The van der Waals surface area contributed by atoms with E-state index in [1.165, 1.54) is 12.3 Å². The Hall–Kier alpha value is -1.98. The van der Waals surface area contributed by atoms with Gasteiger partial charge in [-0.05, 0) is 19.9 Å². The summed E-state index contributed by atoms with van der Waals surface area (Å²) in [4.78, 5) is 29.3. The van der Waals surface area contributed by atoms with Gasteiger partial charge in [-0.1, -0.05) is 0 Å². The summed E-state index contributed by atoms with van der Waals surface area (Å²) in [7, 11) is 0. The maximum atomic E-state index is 11.4. The molecule has 0 atom stereocenters. The molecule has 1 aromatic heterocycles. The molecule has 6 nitrogen and oxygen atoms in total. The third kappa shape index (κ3) is 3.01. The molecule has 6 heteroatoms. The van der Waals surface area contributed by atoms with E-state index in [4.69, 9.17) is 5.11 Å². The number of carboxylic acids is 1. The summed E-state index contributed by atoms with van der Waals surface area (Å²) in [6.07, 6.45) is 1.24. The Morgan fingerprint density at radius 2 is 2.13 bits per heavy atom. The van der Waals surface area contributed by atoms with Gasteiger partial charge in [0.15, 0.2) is 5.69 Å². The molecule has 1 amide bonds. The van der Waals surface area contributed by atoms with E-state index in [9.17, 15) is 9.59 Å². The molecule has 15 heavy (non-hydrogen) atoms. The Labute approximate surface area is 86.4 Å². The third-order valence-corrected chi connectivity index (χ3v) is 1.50. The first-order valence-corrected chi connectivity index (χ1v) is 4.38. The molecule has 0 saturated carbocycles. The minimum atomic E-state index is -1.18. The van der Waals surface area contributed by atoms with Crippen LogP contribution in [-0.4, -0.2) is 33.0 Å². The number of carbonyl (C=O) groups excluding carboxylic acids is 1. The SMILES string of the molecule is CC(C)NC(=O)c1nccc(C(=O)O)n1. The minimum absolute atomic E-state index is 0.0467. The number of carboxylic acid groups (broad SMARTS) is 1. The summed E-state index contributed by atoms with van der Waals surface area (Å²) >= 11 is 0. The molecule has 0 aromatic carbocycles. The molecular weight excluding hydrogens is 198 g/mol. The fourth-order valence-electron chi connectivity index (χ4n) is 0.914. The standard InChI is InChI=1S/C9H11N3O3/c1-5(2)11-8(13)7-10-4-3-6(12-7)9(14)15/h3-5H,1-2H3,(H,11,13)(H,14,15). The number of hydrogen-bond donors (Lipinski definition) is 2. The van der Waals surface area contributed by atoms with Crippen LogP contribution >= 0.6 is 0 Å². The highest BCUT2D eigenvalue weighted by atomic mass is 16.4. The second-order valence-electron chi connectivity index (χ2n) is 3.20. The smallest absolute Gasteiger partial charge is 0.354 e. The van der Waals surface area contributed by atoms with Crippen LogP contribution < -0.4 is 5.32 Å². The molecule has 0 unspecified atom stereocenters. The third-order valence-electron chi connectivity index (χ3n) is 1.50. The Morgan fingerprint density at radius 1 is 1.47 bits per heavy atom. The van der Waals surface area contributed by atoms with Crippen molar-refractivity contribution in [2.24, 2.45) is 0 Å². The second kappa shape index (κ2) is 4.50. The maximum absolute atomic E-state index is 11.4. The molecule has 0 aliphatic carbocycles. The zero-order chi connectivity index (χ0) is 11.4. The minimum Gasteiger partial charge on any atom is -0.477 e. The van der Waals surface area contributed by atoms with E-state index in [1.807, 2.05) is 0 Å². The summed E-state index contributed by atoms with van der Waals surface area (Å²) in [5.74, 6) is -1.80. The topological polar surface area (TPSA) is 92.2 Å². The molecule has 1 heterocycles. The van der Waals surface area contributed by atoms with E-state index in [2.05, 4.69) is 15.3 Å². The van der Waals surface area contributed by atoms with E-state index in [-0.39, 0.29) is 17.6 Å². The normalized spacial score (nSPS) is 10.1. The first kappa shape index (κ1) is 11.1. The predicted molar refractivity (Wildman–Crippen MR) is 51.6 cm³/mol. The van der Waals surface area contributed by atoms with Gasteiger partial charge in [-0.3, -0.25) is 4.79 Å². The highest BCUT2D eigenvalue weighted by molar-refractivity contribution is 5.92. The second-order valence-corrected chi connectivity index (χ2v) is 3.20. The summed E-state index contributed by atoms with van der Waals surface area (Å²) in [6.45, 7) is 3.58. The lowest BCUT2D eigenvalue weighted by Crippen LogP contribution is -2.31. The number of amides is 1. The molecule has 0 radical (unpaired) electrons. The number of nitrogens with one attached hydrogen (secondary N) is 1. The highest BCUT2D eigenvalue weighted by Crippen LogP contribution is 1.96. The van der Waals surface area contributed by atoms with Crippen LogP contribution in [-0.2, 0) is 0 Å². The van der Waals surface area contributed by atoms with Gasteiger partial charge in [-0.25, -0.2) is 14.8 Å². The monoisotopic (exact) mass is 209 g/mol. The van der Waals surface area contributed by atoms with E-state index in [1.54, 1.807) is 13.8 Å². The Bertz CT molecular complexity index is 390. The van der Waals surface area contributed by atoms with Crippen molar-refractivity contribution >= 4 is 11.9 Å². The number of aromatic nitrogens is 2. The molecular formula is C9H11N3O3. The first-order chi connectivity index (χ1) is 7.00. The van der Waals surface area contributed by atoms with Crippen LogP contribution in [0.2, 0.25) is 0 Å². The van der Waals surface area contributed by atoms with Crippen LogP contribution in [0.3, 0.4) is 0 Å². The van der Waals surface area contributed by atoms with E-state index in [0.717, 1.165) is 0 Å². The van der Waals surface area contributed by atoms with Gasteiger partial charge in [-0.2, -0.15) is 0 Å². The summed E-state index contributed by atoms with van der Waals surface area (Å²) in [5, 5.41) is 11.2. The van der Waals surface area contributed by atoms with Crippen molar-refractivity contribution in [3.8, 4) is 0 Å². The fraction of sp³-hybridized carbons (Fsp3) is 0.333. The fourth-order valence-corrected chi connectivity index (χ4v) is 0.914. The molecule has 0 spiro atoms. The number of hydrogen-bond acceptors (Lipinski definition) is 4. The van der Waals surface area contributed by atoms with Crippen molar-refractivity contribution in [1.29, 1.82) is 0 Å². The van der Waals surface area contributed by atoms with Crippen molar-refractivity contribution in [3.05, 3.63) is 23.8 Å². The Kier molecular flexibility index (Phi) is 3.33. The average molecular weight is 209 g/mol. The van der Waals surface area contributed by atoms with Crippen molar-refractivity contribution in [2.45, 2.75) is 19.9 Å². The molecule has 1 rings (SSSR count). The van der Waals surface area contributed by atoms with Crippen LogP contribution in [0, 0.1) is 0 Å². The van der Waals surface area contributed by atoms with Crippen LogP contribution in [0.1, 0.15) is 35.0 Å². The zero-order valence-corrected chi connectivity index (χ0v) is 8.39. The molecule has 0 aliphatic heterocycles. The van der Waals surface area contributed by atoms with E-state index in [0.29, 0.717) is 0 Å². The van der Waals surface area contributed by atoms with Crippen molar-refractivity contribution in [2.75, 3.05) is 0 Å². The largest absolute Gasteiger partial charge is 0.477 e. The Morgan fingerprint density at radius 3 is 2.67 bits per heavy atom. The van der Waals surface area contributed by atoms with E-state index < -0.39 is 11.9 Å². The molecule has 0 aliphatic rings. The lowest BCUT2D eigenvalue weighted by molar-refractivity contribution is 0.0690. The molecule has 0 saturated heterocycles. The lowest BCUT2D eigenvalue weighted by Gasteiger charge is -2.06. The molecule has 0 fully saturated rings.